The van der Waals surface area contributed by atoms with Crippen LogP contribution < -0.4 is 14.8 Å². The van der Waals surface area contributed by atoms with Crippen LogP contribution >= 0.6 is 0 Å². The van der Waals surface area contributed by atoms with E-state index in [1.54, 1.807) is 14.2 Å². The molecule has 106 valence electrons. The van der Waals surface area contributed by atoms with Gasteiger partial charge in [-0.1, -0.05) is 13.0 Å². The highest BCUT2D eigenvalue weighted by Crippen LogP contribution is 2.31. The predicted molar refractivity (Wildman–Crippen MR) is 81.6 cm³/mol. The Labute approximate surface area is 119 Å². The number of nitrogens with zero attached hydrogens (tertiary/aromatic N) is 1. The molecule has 1 aromatic carbocycles. The number of benzene rings is 1. The summed E-state index contributed by atoms with van der Waals surface area (Å²) in [6.07, 6.45) is 1.07. The minimum Gasteiger partial charge on any atom is -0.493 e. The zero-order valence-corrected chi connectivity index (χ0v) is 12.1. The molecule has 1 N–H and O–H groups in total. The van der Waals surface area contributed by atoms with Crippen LogP contribution in [0.25, 0.3) is 11.3 Å². The van der Waals surface area contributed by atoms with Crippen LogP contribution in [-0.4, -0.2) is 25.7 Å². The zero-order chi connectivity index (χ0) is 14.4. The molecule has 2 rings (SSSR count). The number of methoxy groups -OCH3 is 2. The maximum atomic E-state index is 5.33. The molecule has 1 aromatic heterocycles. The number of hydrogen-bond acceptors (Lipinski definition) is 4. The van der Waals surface area contributed by atoms with Crippen molar-refractivity contribution >= 4 is 5.82 Å². The van der Waals surface area contributed by atoms with Gasteiger partial charge in [-0.25, -0.2) is 4.98 Å². The van der Waals surface area contributed by atoms with Crippen molar-refractivity contribution in [3.8, 4) is 22.8 Å². The molecular weight excluding hydrogens is 252 g/mol. The standard InChI is InChI=1S/C16H20N2O2/c1-4-10-17-16-7-5-6-13(18-16)12-8-9-14(19-2)15(11-12)20-3/h5-9,11H,4,10H2,1-3H3,(H,17,18). The van der Waals surface area contributed by atoms with Gasteiger partial charge >= 0.3 is 0 Å². The summed E-state index contributed by atoms with van der Waals surface area (Å²) in [7, 11) is 3.26. The van der Waals surface area contributed by atoms with E-state index < -0.39 is 0 Å². The quantitative estimate of drug-likeness (QED) is 0.872. The summed E-state index contributed by atoms with van der Waals surface area (Å²) in [4.78, 5) is 4.60. The summed E-state index contributed by atoms with van der Waals surface area (Å²) in [6, 6.07) is 11.8. The smallest absolute Gasteiger partial charge is 0.161 e. The van der Waals surface area contributed by atoms with Gasteiger partial charge in [-0.15, -0.1) is 0 Å². The summed E-state index contributed by atoms with van der Waals surface area (Å²) < 4.78 is 10.6. The molecule has 0 spiro atoms. The highest BCUT2D eigenvalue weighted by Gasteiger charge is 2.07. The van der Waals surface area contributed by atoms with Crippen molar-refractivity contribution in [2.45, 2.75) is 13.3 Å². The molecule has 0 fully saturated rings. The van der Waals surface area contributed by atoms with Crippen molar-refractivity contribution in [2.75, 3.05) is 26.1 Å². The Morgan fingerprint density at radius 3 is 2.55 bits per heavy atom. The highest BCUT2D eigenvalue weighted by atomic mass is 16.5. The number of aromatic nitrogens is 1. The van der Waals surface area contributed by atoms with E-state index in [1.807, 2.05) is 36.4 Å². The minimum atomic E-state index is 0.707. The summed E-state index contributed by atoms with van der Waals surface area (Å²) in [5.41, 5.74) is 1.91. The number of ether oxygens (including phenoxy) is 2. The van der Waals surface area contributed by atoms with Crippen molar-refractivity contribution in [1.29, 1.82) is 0 Å². The van der Waals surface area contributed by atoms with Crippen molar-refractivity contribution in [3.63, 3.8) is 0 Å². The average molecular weight is 272 g/mol. The fourth-order valence-corrected chi connectivity index (χ4v) is 1.94. The Morgan fingerprint density at radius 2 is 1.85 bits per heavy atom. The normalized spacial score (nSPS) is 10.2. The SMILES string of the molecule is CCCNc1cccc(-c2ccc(OC)c(OC)c2)n1. The Morgan fingerprint density at radius 1 is 1.05 bits per heavy atom. The average Bonchev–Trinajstić information content (AvgIpc) is 2.52. The van der Waals surface area contributed by atoms with Crippen molar-refractivity contribution in [1.82, 2.24) is 4.98 Å². The molecule has 0 bridgehead atoms. The van der Waals surface area contributed by atoms with Gasteiger partial charge in [0.2, 0.25) is 0 Å². The molecule has 0 unspecified atom stereocenters. The molecule has 0 aliphatic rings. The van der Waals surface area contributed by atoms with Crippen LogP contribution in [0.4, 0.5) is 5.82 Å². The second-order valence-electron chi connectivity index (χ2n) is 4.40. The largest absolute Gasteiger partial charge is 0.493 e. The third-order valence-electron chi connectivity index (χ3n) is 2.98. The number of pyridine rings is 1. The summed E-state index contributed by atoms with van der Waals surface area (Å²) >= 11 is 0. The van der Waals surface area contributed by atoms with Crippen LogP contribution in [0.1, 0.15) is 13.3 Å². The van der Waals surface area contributed by atoms with E-state index in [0.29, 0.717) is 5.75 Å². The third-order valence-corrected chi connectivity index (χ3v) is 2.98. The summed E-state index contributed by atoms with van der Waals surface area (Å²) in [5.74, 6) is 2.31. The van der Waals surface area contributed by atoms with Gasteiger partial charge in [0.15, 0.2) is 11.5 Å². The topological polar surface area (TPSA) is 43.4 Å². The molecule has 0 amide bonds. The van der Waals surface area contributed by atoms with Gasteiger partial charge in [-0.3, -0.25) is 0 Å². The fourth-order valence-electron chi connectivity index (χ4n) is 1.94. The first kappa shape index (κ1) is 14.2. The van der Waals surface area contributed by atoms with E-state index in [2.05, 4.69) is 17.2 Å². The first-order valence-electron chi connectivity index (χ1n) is 6.71. The fraction of sp³-hybridized carbons (Fsp3) is 0.312. The van der Waals surface area contributed by atoms with Crippen LogP contribution in [0.2, 0.25) is 0 Å². The number of hydrogen-bond donors (Lipinski definition) is 1. The van der Waals surface area contributed by atoms with Crippen molar-refractivity contribution in [2.24, 2.45) is 0 Å². The molecule has 0 aliphatic heterocycles. The number of rotatable bonds is 6. The van der Waals surface area contributed by atoms with Gasteiger partial charge in [0.25, 0.3) is 0 Å². The molecule has 2 aromatic rings. The van der Waals surface area contributed by atoms with Crippen LogP contribution in [0.5, 0.6) is 11.5 Å². The maximum absolute atomic E-state index is 5.33. The number of anilines is 1. The van der Waals surface area contributed by atoms with Gasteiger partial charge in [0, 0.05) is 12.1 Å². The highest BCUT2D eigenvalue weighted by molar-refractivity contribution is 5.65. The summed E-state index contributed by atoms with van der Waals surface area (Å²) in [6.45, 7) is 3.05. The maximum Gasteiger partial charge on any atom is 0.161 e. The molecule has 4 heteroatoms. The van der Waals surface area contributed by atoms with E-state index in [0.717, 1.165) is 35.8 Å². The monoisotopic (exact) mass is 272 g/mol. The molecule has 0 saturated carbocycles. The lowest BCUT2D eigenvalue weighted by Crippen LogP contribution is -2.02. The van der Waals surface area contributed by atoms with E-state index in [1.165, 1.54) is 0 Å². The molecule has 4 nitrogen and oxygen atoms in total. The Kier molecular flexibility index (Phi) is 4.82. The molecule has 0 aliphatic carbocycles. The van der Waals surface area contributed by atoms with Crippen LogP contribution in [0, 0.1) is 0 Å². The van der Waals surface area contributed by atoms with Gasteiger partial charge < -0.3 is 14.8 Å². The lowest BCUT2D eigenvalue weighted by atomic mass is 10.1. The van der Waals surface area contributed by atoms with Crippen LogP contribution in [0.15, 0.2) is 36.4 Å². The predicted octanol–water partition coefficient (Wildman–Crippen LogP) is 3.59. The van der Waals surface area contributed by atoms with Gasteiger partial charge in [0.1, 0.15) is 5.82 Å². The van der Waals surface area contributed by atoms with Crippen molar-refractivity contribution in [3.05, 3.63) is 36.4 Å². The second-order valence-corrected chi connectivity index (χ2v) is 4.40. The third kappa shape index (κ3) is 3.20. The molecule has 0 saturated heterocycles. The van der Waals surface area contributed by atoms with Gasteiger partial charge in [-0.2, -0.15) is 0 Å². The Hall–Kier alpha value is -2.23. The van der Waals surface area contributed by atoms with Crippen LogP contribution in [0.3, 0.4) is 0 Å². The van der Waals surface area contributed by atoms with Gasteiger partial charge in [-0.05, 0) is 36.8 Å². The molecular formula is C16H20N2O2. The van der Waals surface area contributed by atoms with Gasteiger partial charge in [0.05, 0.1) is 19.9 Å². The first-order valence-corrected chi connectivity index (χ1v) is 6.71. The van der Waals surface area contributed by atoms with E-state index in [9.17, 15) is 0 Å². The molecule has 0 atom stereocenters. The van der Waals surface area contributed by atoms with Crippen LogP contribution in [-0.2, 0) is 0 Å². The molecule has 20 heavy (non-hydrogen) atoms. The molecule has 1 heterocycles. The zero-order valence-electron chi connectivity index (χ0n) is 12.1. The van der Waals surface area contributed by atoms with E-state index in [4.69, 9.17) is 9.47 Å². The number of nitrogens with one attached hydrogen (secondary N) is 1. The lowest BCUT2D eigenvalue weighted by Gasteiger charge is -2.10. The summed E-state index contributed by atoms with van der Waals surface area (Å²) in [5, 5.41) is 3.29. The lowest BCUT2D eigenvalue weighted by molar-refractivity contribution is 0.355. The van der Waals surface area contributed by atoms with E-state index >= 15 is 0 Å². The first-order chi connectivity index (χ1) is 9.78. The Balaban J connectivity index is 2.31. The second kappa shape index (κ2) is 6.80. The van der Waals surface area contributed by atoms with Crippen molar-refractivity contribution < 1.29 is 9.47 Å². The minimum absolute atomic E-state index is 0.707. The molecule has 0 radical (unpaired) electrons. The Bertz CT molecular complexity index is 570. The van der Waals surface area contributed by atoms with E-state index in [-0.39, 0.29) is 0 Å².